The number of hydrogen-bond donors (Lipinski definition) is 0. The number of sulfonamides is 1. The summed E-state index contributed by atoms with van der Waals surface area (Å²) in [5.41, 5.74) is 4.45. The first-order valence-corrected chi connectivity index (χ1v) is 12.4. The van der Waals surface area contributed by atoms with Crippen molar-refractivity contribution in [1.29, 1.82) is 0 Å². The molecule has 0 aliphatic carbocycles. The Morgan fingerprint density at radius 1 is 0.848 bits per heavy atom. The zero-order chi connectivity index (χ0) is 23.2. The lowest BCUT2D eigenvalue weighted by Gasteiger charge is -2.40. The minimum Gasteiger partial charge on any atom is -0.459 e. The number of rotatable bonds is 4. The minimum absolute atomic E-state index is 0.0162. The molecule has 0 N–H and O–H groups in total. The second-order valence-electron chi connectivity index (χ2n) is 8.69. The van der Waals surface area contributed by atoms with Gasteiger partial charge in [0.1, 0.15) is 6.10 Å². The van der Waals surface area contributed by atoms with Gasteiger partial charge in [-0.05, 0) is 43.2 Å². The quantitative estimate of drug-likeness (QED) is 0.525. The summed E-state index contributed by atoms with van der Waals surface area (Å²) in [6.45, 7) is 3.93. The number of nitrogens with zero attached hydrogens (tertiary/aromatic N) is 1. The molecular weight excluding hydrogens is 434 g/mol. The summed E-state index contributed by atoms with van der Waals surface area (Å²) >= 11 is 0. The summed E-state index contributed by atoms with van der Waals surface area (Å²) in [6, 6.07) is 23.7. The van der Waals surface area contributed by atoms with Crippen molar-refractivity contribution < 1.29 is 17.9 Å². The fourth-order valence-electron chi connectivity index (χ4n) is 4.65. The zero-order valence-corrected chi connectivity index (χ0v) is 19.3. The van der Waals surface area contributed by atoms with Crippen LogP contribution in [0.4, 0.5) is 0 Å². The zero-order valence-electron chi connectivity index (χ0n) is 18.5. The summed E-state index contributed by atoms with van der Waals surface area (Å²) in [5, 5.41) is 0. The highest BCUT2D eigenvalue weighted by Gasteiger charge is 2.51. The Hall–Kier alpha value is -3.38. The molecule has 1 fully saturated rings. The standard InChI is InChI=1S/C27H25NO4S/c1-18-8-12-20(13-9-18)23-16-24(21-6-4-3-5-7-21)28(25-17-26(29)32-27(23)25)33(30,31)22-14-10-19(2)11-15-22/h3-16,23,25,27H,17H2,1-2H3/t23-,25+,27+/m0/s1. The fraction of sp³-hybridized carbons (Fsp3) is 0.222. The number of carbonyl (C=O) groups is 1. The monoisotopic (exact) mass is 459 g/mol. The van der Waals surface area contributed by atoms with E-state index in [9.17, 15) is 13.2 Å². The third-order valence-electron chi connectivity index (χ3n) is 6.36. The molecule has 0 bridgehead atoms. The molecule has 2 aliphatic rings. The molecule has 33 heavy (non-hydrogen) atoms. The first kappa shape index (κ1) is 21.5. The van der Waals surface area contributed by atoms with Gasteiger partial charge in [0.2, 0.25) is 0 Å². The van der Waals surface area contributed by atoms with Crippen LogP contribution in [0.15, 0.2) is 89.8 Å². The maximum Gasteiger partial charge on any atom is 0.308 e. The molecule has 0 aromatic heterocycles. The smallest absolute Gasteiger partial charge is 0.308 e. The van der Waals surface area contributed by atoms with Gasteiger partial charge in [0.25, 0.3) is 10.0 Å². The Labute approximate surface area is 194 Å². The van der Waals surface area contributed by atoms with Crippen molar-refractivity contribution in [2.75, 3.05) is 0 Å². The minimum atomic E-state index is -3.93. The van der Waals surface area contributed by atoms with Crippen LogP contribution >= 0.6 is 0 Å². The predicted molar refractivity (Wildman–Crippen MR) is 127 cm³/mol. The fourth-order valence-corrected chi connectivity index (χ4v) is 6.33. The van der Waals surface area contributed by atoms with E-state index >= 15 is 0 Å². The first-order chi connectivity index (χ1) is 15.8. The molecule has 3 aromatic carbocycles. The molecule has 0 radical (unpaired) electrons. The van der Waals surface area contributed by atoms with Crippen LogP contribution in [0.5, 0.6) is 0 Å². The second kappa shape index (κ2) is 8.19. The van der Waals surface area contributed by atoms with Crippen molar-refractivity contribution in [2.24, 2.45) is 0 Å². The average Bonchev–Trinajstić information content (AvgIpc) is 3.20. The van der Waals surface area contributed by atoms with Crippen LogP contribution in [-0.4, -0.2) is 30.8 Å². The number of hydrogen-bond acceptors (Lipinski definition) is 4. The highest BCUT2D eigenvalue weighted by Crippen LogP contribution is 2.45. The maximum atomic E-state index is 13.9. The lowest BCUT2D eigenvalue weighted by atomic mass is 9.84. The molecule has 1 saturated heterocycles. The van der Waals surface area contributed by atoms with E-state index in [2.05, 4.69) is 0 Å². The van der Waals surface area contributed by atoms with Crippen LogP contribution in [0.1, 0.15) is 34.6 Å². The maximum absolute atomic E-state index is 13.9. The number of fused-ring (bicyclic) bond motifs is 1. The van der Waals surface area contributed by atoms with Gasteiger partial charge in [0, 0.05) is 5.92 Å². The highest BCUT2D eigenvalue weighted by molar-refractivity contribution is 7.89. The predicted octanol–water partition coefficient (Wildman–Crippen LogP) is 4.82. The van der Waals surface area contributed by atoms with Gasteiger partial charge in [-0.1, -0.05) is 77.9 Å². The summed E-state index contributed by atoms with van der Waals surface area (Å²) in [4.78, 5) is 12.7. The molecule has 3 aromatic rings. The highest BCUT2D eigenvalue weighted by atomic mass is 32.2. The summed E-state index contributed by atoms with van der Waals surface area (Å²) in [6.07, 6.45) is 1.36. The molecule has 2 aliphatic heterocycles. The van der Waals surface area contributed by atoms with Gasteiger partial charge in [-0.25, -0.2) is 8.42 Å². The lowest BCUT2D eigenvalue weighted by Crippen LogP contribution is -2.48. The molecule has 6 heteroatoms. The lowest BCUT2D eigenvalue weighted by molar-refractivity contribution is -0.141. The summed E-state index contributed by atoms with van der Waals surface area (Å²) in [5.74, 6) is -0.629. The second-order valence-corrected chi connectivity index (χ2v) is 10.5. The number of esters is 1. The Morgan fingerprint density at radius 3 is 2.09 bits per heavy atom. The normalized spacial score (nSPS) is 22.5. The largest absolute Gasteiger partial charge is 0.459 e. The third kappa shape index (κ3) is 3.85. The van der Waals surface area contributed by atoms with E-state index in [1.807, 2.05) is 74.5 Å². The van der Waals surface area contributed by atoms with Gasteiger partial charge < -0.3 is 4.74 Å². The van der Waals surface area contributed by atoms with E-state index in [1.165, 1.54) is 4.31 Å². The molecule has 0 saturated carbocycles. The Balaban J connectivity index is 1.71. The Kier molecular flexibility index (Phi) is 5.33. The van der Waals surface area contributed by atoms with Crippen molar-refractivity contribution in [1.82, 2.24) is 4.31 Å². The number of ether oxygens (including phenoxy) is 1. The summed E-state index contributed by atoms with van der Waals surface area (Å²) < 4.78 is 35.0. The molecule has 0 amide bonds. The number of benzene rings is 3. The van der Waals surface area contributed by atoms with Gasteiger partial charge in [0.05, 0.1) is 23.1 Å². The van der Waals surface area contributed by atoms with Gasteiger partial charge in [-0.15, -0.1) is 0 Å². The SMILES string of the molecule is Cc1ccc([C@@H]2C=C(c3ccccc3)N(S(=O)(=O)c3ccc(C)cc3)[C@@H]3CC(=O)O[C@@H]32)cc1. The van der Waals surface area contributed by atoms with Crippen LogP contribution in [0.3, 0.4) is 0 Å². The van der Waals surface area contributed by atoms with E-state index < -0.39 is 22.2 Å². The van der Waals surface area contributed by atoms with Crippen LogP contribution in [-0.2, 0) is 19.6 Å². The molecule has 5 nitrogen and oxygen atoms in total. The van der Waals surface area contributed by atoms with Crippen LogP contribution in [0.25, 0.3) is 5.70 Å². The van der Waals surface area contributed by atoms with Gasteiger partial charge in [-0.3, -0.25) is 9.10 Å². The topological polar surface area (TPSA) is 63.7 Å². The average molecular weight is 460 g/mol. The van der Waals surface area contributed by atoms with Gasteiger partial charge in [0.15, 0.2) is 0 Å². The first-order valence-electron chi connectivity index (χ1n) is 11.0. The molecule has 0 spiro atoms. The van der Waals surface area contributed by atoms with Crippen molar-refractivity contribution in [2.45, 2.75) is 43.2 Å². The van der Waals surface area contributed by atoms with Gasteiger partial charge >= 0.3 is 5.97 Å². The van der Waals surface area contributed by atoms with E-state index in [1.54, 1.807) is 24.3 Å². The molecule has 168 valence electrons. The van der Waals surface area contributed by atoms with Crippen LogP contribution < -0.4 is 0 Å². The van der Waals surface area contributed by atoms with E-state index in [0.717, 1.165) is 22.3 Å². The molecule has 2 heterocycles. The van der Waals surface area contributed by atoms with Crippen molar-refractivity contribution in [3.05, 3.63) is 107 Å². The molecule has 0 unspecified atom stereocenters. The van der Waals surface area contributed by atoms with Crippen molar-refractivity contribution >= 4 is 21.7 Å². The van der Waals surface area contributed by atoms with Crippen LogP contribution in [0.2, 0.25) is 0 Å². The molecule has 3 atom stereocenters. The summed E-state index contributed by atoms with van der Waals surface area (Å²) in [7, 11) is -3.93. The number of carbonyl (C=O) groups excluding carboxylic acids is 1. The molecule has 5 rings (SSSR count). The Bertz CT molecular complexity index is 1310. The molecular formula is C27H25NO4S. The van der Waals surface area contributed by atoms with Crippen molar-refractivity contribution in [3.63, 3.8) is 0 Å². The van der Waals surface area contributed by atoms with Crippen molar-refractivity contribution in [3.8, 4) is 0 Å². The van der Waals surface area contributed by atoms with Crippen LogP contribution in [0, 0.1) is 13.8 Å². The number of aryl methyl sites for hydroxylation is 2. The van der Waals surface area contributed by atoms with E-state index in [4.69, 9.17) is 4.74 Å². The van der Waals surface area contributed by atoms with E-state index in [0.29, 0.717) is 5.70 Å². The third-order valence-corrected chi connectivity index (χ3v) is 8.22. The van der Waals surface area contributed by atoms with Gasteiger partial charge in [-0.2, -0.15) is 0 Å². The Morgan fingerprint density at radius 2 is 1.45 bits per heavy atom. The van der Waals surface area contributed by atoms with E-state index in [-0.39, 0.29) is 23.2 Å².